The van der Waals surface area contributed by atoms with E-state index in [1.807, 2.05) is 20.8 Å². The molecule has 0 aromatic rings. The second-order valence-corrected chi connectivity index (χ2v) is 19.3. The summed E-state index contributed by atoms with van der Waals surface area (Å²) in [7, 11) is -10.7. The van der Waals surface area contributed by atoms with E-state index in [1.54, 1.807) is 12.2 Å². The molecule has 0 bridgehead atoms. The number of nitrogens with one attached hydrogen (secondary N) is 1. The smallest absolute Gasteiger partial charge is 0.458 e. The fourth-order valence-corrected chi connectivity index (χ4v) is 12.6. The number of ether oxygens (including phenoxy) is 4. The van der Waals surface area contributed by atoms with Gasteiger partial charge < -0.3 is 34.1 Å². The van der Waals surface area contributed by atoms with Crippen LogP contribution in [0.4, 0.5) is 0 Å². The molecule has 0 aromatic carbocycles. The number of carbonyl (C=O) groups excluding carboxylic acids is 4. The van der Waals surface area contributed by atoms with Gasteiger partial charge in [-0.2, -0.15) is 4.31 Å². The number of rotatable bonds is 16. The highest BCUT2D eigenvalue weighted by molar-refractivity contribution is 7.61. The van der Waals surface area contributed by atoms with Crippen molar-refractivity contribution < 1.29 is 70.4 Å². The molecule has 6 aliphatic rings. The zero-order valence-corrected chi connectivity index (χ0v) is 34.8. The lowest BCUT2D eigenvalue weighted by Gasteiger charge is -2.60. The molecule has 3 saturated carbocycles. The highest BCUT2D eigenvalue weighted by Crippen LogP contribution is 2.72. The molecular formula is C39H55NO15P2. The minimum absolute atomic E-state index is 0.0565. The van der Waals surface area contributed by atoms with E-state index in [1.165, 1.54) is 13.0 Å². The Morgan fingerprint density at radius 3 is 2.63 bits per heavy atom. The topological polar surface area (TPSA) is 220 Å². The Morgan fingerprint density at radius 1 is 1.09 bits per heavy atom. The predicted molar refractivity (Wildman–Crippen MR) is 202 cm³/mol. The Kier molecular flexibility index (Phi) is 13.6. The van der Waals surface area contributed by atoms with Gasteiger partial charge in [-0.1, -0.05) is 51.2 Å². The van der Waals surface area contributed by atoms with Gasteiger partial charge in [0.05, 0.1) is 18.8 Å². The van der Waals surface area contributed by atoms with Crippen LogP contribution in [0.2, 0.25) is 0 Å². The number of amides is 1. The maximum absolute atomic E-state index is 14.3. The molecule has 12 atom stereocenters. The quantitative estimate of drug-likeness (QED) is 0.0805. The molecule has 316 valence electrons. The van der Waals surface area contributed by atoms with Gasteiger partial charge in [0.15, 0.2) is 24.3 Å². The zero-order chi connectivity index (χ0) is 41.2. The van der Waals surface area contributed by atoms with Gasteiger partial charge in [-0.25, -0.2) is 9.13 Å². The highest BCUT2D eigenvalue weighted by atomic mass is 31.3. The molecule has 57 heavy (non-hydrogen) atoms. The molecular weight excluding hydrogens is 784 g/mol. The van der Waals surface area contributed by atoms with E-state index in [9.17, 15) is 38.1 Å². The van der Waals surface area contributed by atoms with Crippen molar-refractivity contribution in [3.63, 3.8) is 0 Å². The molecule has 1 aliphatic heterocycles. The summed E-state index contributed by atoms with van der Waals surface area (Å²) in [5.74, 6) is 3.14. The first-order chi connectivity index (χ1) is 26.9. The van der Waals surface area contributed by atoms with E-state index < -0.39 is 87.4 Å². The zero-order valence-electron chi connectivity index (χ0n) is 33.0. The summed E-state index contributed by atoms with van der Waals surface area (Å²) in [5.41, 5.74) is -2.72. The van der Waals surface area contributed by atoms with Crippen molar-refractivity contribution in [2.24, 2.45) is 28.6 Å². The molecule has 4 unspecified atom stereocenters. The van der Waals surface area contributed by atoms with E-state index in [2.05, 4.69) is 17.2 Å². The Labute approximate surface area is 333 Å². The number of Topliss-reactive ketones (excluding diaryl/α,β-unsaturated/α-hetero) is 1. The van der Waals surface area contributed by atoms with Crippen LogP contribution in [-0.4, -0.2) is 89.8 Å². The molecule has 3 N–H and O–H groups in total. The van der Waals surface area contributed by atoms with Crippen molar-refractivity contribution in [2.75, 3.05) is 26.4 Å². The fraction of sp³-hybridized carbons (Fsp3) is 0.744. The van der Waals surface area contributed by atoms with E-state index in [4.69, 9.17) is 32.3 Å². The number of hydrogen-bond acceptors (Lipinski definition) is 13. The Bertz CT molecular complexity index is 1810. The van der Waals surface area contributed by atoms with Crippen LogP contribution in [0.5, 0.6) is 0 Å². The number of esters is 1. The Balaban J connectivity index is 1.19. The normalized spacial score (nSPS) is 37.6. The standard InChI is InChI=1S/C39H55NO15P2/c1-5-11-35-52-33-21-30-29-15-14-26-20-27(42)16-17-37(26,3)36(29)31(22-38(30,4)39(33,53-35)32(43)23-49-25(2)41)54-57(47,48)55-56(45,46)51-19-18-40-34(44)24-50-28-12-9-7-6-8-10-13-28/h16-17,20,28-31,33,35-36H,5-9,11-12,14-15,18-19,21-24H2,1-4H3,(H,40,44)(H,45,46)(H,47,48)/t28?,29-,30-,31-,33+,35?,36+,37-,38-,39+/m0/s1. The molecule has 0 aromatic heterocycles. The fourth-order valence-electron chi connectivity index (χ4n) is 10.4. The summed E-state index contributed by atoms with van der Waals surface area (Å²) in [6, 6.07) is 0. The minimum Gasteiger partial charge on any atom is -0.458 e. The van der Waals surface area contributed by atoms with Crippen LogP contribution >= 0.6 is 15.6 Å². The predicted octanol–water partition coefficient (Wildman–Crippen LogP) is 5.01. The lowest BCUT2D eigenvalue weighted by atomic mass is 9.46. The summed E-state index contributed by atoms with van der Waals surface area (Å²) in [5, 5.41) is 2.50. The molecule has 18 heteroatoms. The van der Waals surface area contributed by atoms with Gasteiger partial charge >= 0.3 is 21.6 Å². The number of carbonyl (C=O) groups is 4. The second-order valence-electron chi connectivity index (χ2n) is 16.3. The summed E-state index contributed by atoms with van der Waals surface area (Å²) in [6.07, 6.45) is 8.94. The molecule has 4 fully saturated rings. The van der Waals surface area contributed by atoms with Gasteiger partial charge in [0.25, 0.3) is 0 Å². The maximum Gasteiger partial charge on any atom is 0.481 e. The first-order valence-electron chi connectivity index (χ1n) is 19.9. The first-order valence-corrected chi connectivity index (χ1v) is 22.9. The third-order valence-electron chi connectivity index (χ3n) is 12.7. The van der Waals surface area contributed by atoms with E-state index in [-0.39, 0.29) is 43.3 Å². The summed E-state index contributed by atoms with van der Waals surface area (Å²) in [4.78, 5) is 72.7. The van der Waals surface area contributed by atoms with E-state index >= 15 is 0 Å². The average molecular weight is 840 g/mol. The number of fused-ring (bicyclic) bond motifs is 7. The Morgan fingerprint density at radius 2 is 1.88 bits per heavy atom. The van der Waals surface area contributed by atoms with Crippen LogP contribution < -0.4 is 5.32 Å². The third kappa shape index (κ3) is 9.29. The van der Waals surface area contributed by atoms with Crippen molar-refractivity contribution in [2.45, 2.75) is 129 Å². The summed E-state index contributed by atoms with van der Waals surface area (Å²) in [6.45, 7) is 5.30. The molecule has 6 rings (SSSR count). The van der Waals surface area contributed by atoms with Crippen LogP contribution in [0.3, 0.4) is 0 Å². The van der Waals surface area contributed by atoms with Gasteiger partial charge in [-0.15, -0.1) is 5.92 Å². The lowest BCUT2D eigenvalue weighted by Crippen LogP contribution is -2.64. The third-order valence-corrected chi connectivity index (χ3v) is 15.4. The van der Waals surface area contributed by atoms with Crippen molar-refractivity contribution in [1.82, 2.24) is 5.32 Å². The van der Waals surface area contributed by atoms with Crippen LogP contribution in [0.15, 0.2) is 23.8 Å². The SMILES string of the molecule is CCCC1O[C@@H]2C[C@H]3[C@@H]4CCC5=CC(=O)C=C[C@]5(C)[C@H]4[C@@H](OP(=O)(O)OP(=O)(O)OCCNC(=O)COC4C#CCCCCC4)C[C@]3(C)[C@]2(C(=O)COC(C)=O)O1. The van der Waals surface area contributed by atoms with Crippen molar-refractivity contribution >= 4 is 39.1 Å². The highest BCUT2D eigenvalue weighted by Gasteiger charge is 2.76. The minimum atomic E-state index is -5.42. The van der Waals surface area contributed by atoms with Gasteiger partial charge in [-0.3, -0.25) is 28.2 Å². The Hall–Kier alpha value is -2.54. The maximum atomic E-state index is 14.3. The molecule has 0 radical (unpaired) electrons. The van der Waals surface area contributed by atoms with E-state index in [0.717, 1.165) is 31.3 Å². The first kappa shape index (κ1) is 44.0. The van der Waals surface area contributed by atoms with Crippen LogP contribution in [0.1, 0.15) is 98.3 Å². The van der Waals surface area contributed by atoms with Gasteiger partial charge in [0.2, 0.25) is 11.7 Å². The largest absolute Gasteiger partial charge is 0.481 e. The number of phosphoric acid groups is 2. The van der Waals surface area contributed by atoms with Gasteiger partial charge in [0.1, 0.15) is 12.7 Å². The monoisotopic (exact) mass is 839 g/mol. The molecule has 1 heterocycles. The lowest BCUT2D eigenvalue weighted by molar-refractivity contribution is -0.200. The molecule has 5 aliphatic carbocycles. The molecule has 0 spiro atoms. The van der Waals surface area contributed by atoms with Gasteiger partial charge in [-0.05, 0) is 75.4 Å². The van der Waals surface area contributed by atoms with E-state index in [0.29, 0.717) is 38.5 Å². The average Bonchev–Trinajstić information content (AvgIpc) is 3.60. The van der Waals surface area contributed by atoms with Crippen molar-refractivity contribution in [1.29, 1.82) is 0 Å². The number of ketones is 2. The molecule has 1 amide bonds. The summed E-state index contributed by atoms with van der Waals surface area (Å²) < 4.78 is 66.3. The molecule has 1 saturated heterocycles. The summed E-state index contributed by atoms with van der Waals surface area (Å²) >= 11 is 0. The van der Waals surface area contributed by atoms with Crippen molar-refractivity contribution in [3.8, 4) is 11.8 Å². The number of phosphoric ester groups is 2. The van der Waals surface area contributed by atoms with Crippen LogP contribution in [0.25, 0.3) is 0 Å². The van der Waals surface area contributed by atoms with Crippen LogP contribution in [0, 0.1) is 40.4 Å². The van der Waals surface area contributed by atoms with Crippen LogP contribution in [-0.2, 0) is 60.6 Å². The molecule has 16 nitrogen and oxygen atoms in total. The van der Waals surface area contributed by atoms with Gasteiger partial charge in [0, 0.05) is 36.6 Å². The number of hydrogen-bond donors (Lipinski definition) is 3. The van der Waals surface area contributed by atoms with Crippen molar-refractivity contribution in [3.05, 3.63) is 23.8 Å². The number of allylic oxidation sites excluding steroid dienone is 4. The second kappa shape index (κ2) is 17.6.